The van der Waals surface area contributed by atoms with Gasteiger partial charge in [-0.15, -0.1) is 23.5 Å². The fraction of sp³-hybridized carbons (Fsp3) is 0.296. The maximum absolute atomic E-state index is 11.7. The Kier molecular flexibility index (Phi) is 17.7. The number of fused-ring (bicyclic) bond motifs is 4. The molecule has 70 heavy (non-hydrogen) atoms. The summed E-state index contributed by atoms with van der Waals surface area (Å²) in [6, 6.07) is 36.0. The lowest BCUT2D eigenvalue weighted by atomic mass is 10.0. The first-order valence-electron chi connectivity index (χ1n) is 23.6. The molecule has 4 aromatic carbocycles. The van der Waals surface area contributed by atoms with Crippen LogP contribution in [-0.4, -0.2) is 88.7 Å². The zero-order chi connectivity index (χ0) is 49.0. The van der Waals surface area contributed by atoms with Crippen molar-refractivity contribution >= 4 is 81.3 Å². The Bertz CT molecular complexity index is 2880. The number of aromatic nitrogens is 6. The summed E-state index contributed by atoms with van der Waals surface area (Å²) in [5.74, 6) is 3.11. The third-order valence-corrected chi connectivity index (χ3v) is 16.5. The number of benzene rings is 4. The Morgan fingerprint density at radius 1 is 0.529 bits per heavy atom. The lowest BCUT2D eigenvalue weighted by Crippen LogP contribution is -2.32. The molecule has 0 fully saturated rings. The molecule has 4 aromatic heterocycles. The average Bonchev–Trinajstić information content (AvgIpc) is 3.96. The summed E-state index contributed by atoms with van der Waals surface area (Å²) >= 11 is 6.44. The zero-order valence-corrected chi connectivity index (χ0v) is 43.1. The van der Waals surface area contributed by atoms with Crippen LogP contribution < -0.4 is 10.2 Å². The first-order valence-corrected chi connectivity index (χ1v) is 27.5. The molecule has 0 amide bonds. The van der Waals surface area contributed by atoms with Crippen LogP contribution in [0.4, 0.5) is 9.59 Å². The second-order valence-electron chi connectivity index (χ2n) is 16.6. The fourth-order valence-electron chi connectivity index (χ4n) is 8.60. The molecule has 0 radical (unpaired) electrons. The number of carbonyl (C=O) groups is 2. The molecule has 0 N–H and O–H groups in total. The average molecular weight is 1010 g/mol. The largest absolute Gasteiger partial charge is 0.529 e. The van der Waals surface area contributed by atoms with Gasteiger partial charge in [-0.25, -0.2) is 9.97 Å². The lowest BCUT2D eigenvalue weighted by molar-refractivity contribution is -0.251. The van der Waals surface area contributed by atoms with Crippen LogP contribution in [0.3, 0.4) is 0 Å². The van der Waals surface area contributed by atoms with Crippen molar-refractivity contribution < 1.29 is 19.8 Å². The minimum Gasteiger partial charge on any atom is -0.529 e. The van der Waals surface area contributed by atoms with Gasteiger partial charge in [-0.3, -0.25) is 28.9 Å². The van der Waals surface area contributed by atoms with Crippen LogP contribution in [0.15, 0.2) is 142 Å². The van der Waals surface area contributed by atoms with E-state index in [1.165, 1.54) is 55.6 Å². The van der Waals surface area contributed by atoms with Crippen molar-refractivity contribution in [3.63, 3.8) is 0 Å². The van der Waals surface area contributed by atoms with E-state index in [1.807, 2.05) is 61.9 Å². The molecule has 0 atom stereocenters. The van der Waals surface area contributed by atoms with E-state index < -0.39 is 12.2 Å². The lowest BCUT2D eigenvalue weighted by Gasteiger charge is -2.28. The molecule has 0 spiro atoms. The molecule has 0 aliphatic carbocycles. The highest BCUT2D eigenvalue weighted by Gasteiger charge is 2.19. The van der Waals surface area contributed by atoms with Crippen molar-refractivity contribution in [2.45, 2.75) is 85.2 Å². The van der Waals surface area contributed by atoms with Crippen LogP contribution >= 0.6 is 47.0 Å². The topological polar surface area (TPSA) is 148 Å². The van der Waals surface area contributed by atoms with Gasteiger partial charge in [0.05, 0.1) is 33.5 Å². The van der Waals surface area contributed by atoms with Crippen LogP contribution in [0, 0.1) is 13.8 Å². The number of rotatable bonds is 14. The van der Waals surface area contributed by atoms with Crippen LogP contribution in [0.1, 0.15) is 58.6 Å². The van der Waals surface area contributed by atoms with E-state index in [2.05, 4.69) is 104 Å². The number of carbonyl (C=O) groups excluding carboxylic acids is 2. The number of thioether (sulfide) groups is 4. The highest BCUT2D eigenvalue weighted by molar-refractivity contribution is 7.99. The molecule has 362 valence electrons. The molecule has 12 nitrogen and oxygen atoms in total. The molecule has 6 heterocycles. The number of para-hydroxylation sites is 4. The van der Waals surface area contributed by atoms with Gasteiger partial charge in [-0.1, -0.05) is 110 Å². The van der Waals surface area contributed by atoms with Gasteiger partial charge in [0.25, 0.3) is 0 Å². The van der Waals surface area contributed by atoms with Gasteiger partial charge < -0.3 is 19.8 Å². The quantitative estimate of drug-likeness (QED) is 0.0952. The van der Waals surface area contributed by atoms with E-state index in [0.717, 1.165) is 95.3 Å². The van der Waals surface area contributed by atoms with E-state index >= 15 is 0 Å². The molecule has 10 rings (SSSR count). The minimum atomic E-state index is -1.27. The first kappa shape index (κ1) is 50.8. The van der Waals surface area contributed by atoms with Crippen molar-refractivity contribution in [3.8, 4) is 0 Å². The second kappa shape index (κ2) is 24.5. The Morgan fingerprint density at radius 3 is 1.33 bits per heavy atom. The number of imidazole rings is 2. The highest BCUT2D eigenvalue weighted by atomic mass is 32.2. The standard InChI is InChI=1S/2C26H26N4O2S2.C2H6/c2*1-18-22(17-34-25-28-21-8-4-5-9-23(21)30(25)26(31)32)27-12-10-24(18)33-15-14-29-13-11-19-6-2-3-7-20(19)16-29;1-2/h2*2-10,12H,11,13-17H2,1H3,(H,31,32);1-2H3/p-2. The number of carboxylic acid groups (broad SMARTS) is 2. The summed E-state index contributed by atoms with van der Waals surface area (Å²) in [6.45, 7) is 14.5. The maximum Gasteiger partial charge on any atom is 0.175 e. The van der Waals surface area contributed by atoms with E-state index in [4.69, 9.17) is 0 Å². The number of pyridine rings is 2. The number of hydrogen-bond donors (Lipinski definition) is 0. The zero-order valence-electron chi connectivity index (χ0n) is 39.9. The Labute approximate surface area is 426 Å². The summed E-state index contributed by atoms with van der Waals surface area (Å²) in [5, 5.41) is 24.3. The summed E-state index contributed by atoms with van der Waals surface area (Å²) in [7, 11) is 0. The molecule has 2 aliphatic heterocycles. The van der Waals surface area contributed by atoms with E-state index in [-0.39, 0.29) is 0 Å². The summed E-state index contributed by atoms with van der Waals surface area (Å²) in [6.07, 6.45) is 3.37. The highest BCUT2D eigenvalue weighted by Crippen LogP contribution is 2.32. The third-order valence-electron chi connectivity index (χ3n) is 12.4. The van der Waals surface area contributed by atoms with E-state index in [1.54, 1.807) is 36.4 Å². The molecule has 0 bridgehead atoms. The Balaban J connectivity index is 0.000000182. The normalized spacial score (nSPS) is 13.5. The fourth-order valence-corrected chi connectivity index (χ4v) is 12.8. The van der Waals surface area contributed by atoms with Gasteiger partial charge in [0, 0.05) is 84.5 Å². The van der Waals surface area contributed by atoms with Crippen LogP contribution in [0.25, 0.3) is 22.1 Å². The SMILES string of the molecule is CC.Cc1c(SCCN2CCc3ccccc3C2)ccnc1CSc1nc2ccccc2n1C(=O)[O-].Cc1c(SCCN2CCc3ccccc3C2)ccnc1CSc1nc2ccccc2n1C(=O)[O-]. The summed E-state index contributed by atoms with van der Waals surface area (Å²) in [4.78, 5) is 49.0. The van der Waals surface area contributed by atoms with Crippen molar-refractivity contribution in [2.24, 2.45) is 0 Å². The Morgan fingerprint density at radius 2 is 0.914 bits per heavy atom. The number of nitrogens with zero attached hydrogens (tertiary/aromatic N) is 8. The Hall–Kier alpha value is -5.62. The van der Waals surface area contributed by atoms with Crippen molar-refractivity contribution in [2.75, 3.05) is 37.7 Å². The summed E-state index contributed by atoms with van der Waals surface area (Å²) in [5.41, 5.74) is 12.4. The van der Waals surface area contributed by atoms with Crippen LogP contribution in [0.2, 0.25) is 0 Å². The molecule has 0 unspecified atom stereocenters. The van der Waals surface area contributed by atoms with Gasteiger partial charge in [0.1, 0.15) is 12.2 Å². The number of hydrogen-bond acceptors (Lipinski definition) is 14. The predicted octanol–water partition coefficient (Wildman–Crippen LogP) is 9.77. The smallest absolute Gasteiger partial charge is 0.175 e. The molecule has 0 saturated carbocycles. The first-order chi connectivity index (χ1) is 34.2. The molecular weight excluding hydrogens is 953 g/mol. The van der Waals surface area contributed by atoms with Gasteiger partial charge in [-0.05, 0) is 96.5 Å². The minimum absolute atomic E-state index is 0.408. The van der Waals surface area contributed by atoms with Gasteiger partial charge in [0.2, 0.25) is 0 Å². The molecule has 2 aliphatic rings. The summed E-state index contributed by atoms with van der Waals surface area (Å²) < 4.78 is 2.29. The van der Waals surface area contributed by atoms with E-state index in [0.29, 0.717) is 43.9 Å². The van der Waals surface area contributed by atoms with Gasteiger partial charge >= 0.3 is 0 Å². The third kappa shape index (κ3) is 12.3. The van der Waals surface area contributed by atoms with Crippen molar-refractivity contribution in [3.05, 3.63) is 166 Å². The van der Waals surface area contributed by atoms with Crippen molar-refractivity contribution in [1.29, 1.82) is 0 Å². The molecule has 8 aromatic rings. The van der Waals surface area contributed by atoms with Crippen LogP contribution in [-0.2, 0) is 37.4 Å². The van der Waals surface area contributed by atoms with Gasteiger partial charge in [-0.2, -0.15) is 0 Å². The molecular formula is C54H56N8O4S4-2. The van der Waals surface area contributed by atoms with E-state index in [9.17, 15) is 19.8 Å². The second-order valence-corrected chi connectivity index (χ2v) is 20.8. The van der Waals surface area contributed by atoms with Crippen molar-refractivity contribution in [1.82, 2.24) is 38.9 Å². The monoisotopic (exact) mass is 1010 g/mol. The predicted molar refractivity (Wildman–Crippen MR) is 282 cm³/mol. The molecule has 16 heteroatoms. The van der Waals surface area contributed by atoms with Gasteiger partial charge in [0.15, 0.2) is 10.3 Å². The van der Waals surface area contributed by atoms with Crippen LogP contribution in [0.5, 0.6) is 0 Å². The maximum atomic E-state index is 11.7. The molecule has 0 saturated heterocycles.